The van der Waals surface area contributed by atoms with Gasteiger partial charge in [-0.2, -0.15) is 5.26 Å². The third-order valence-electron chi connectivity index (χ3n) is 2.56. The van der Waals surface area contributed by atoms with Crippen molar-refractivity contribution in [2.45, 2.75) is 6.42 Å². The van der Waals surface area contributed by atoms with Gasteiger partial charge in [-0.1, -0.05) is 29.8 Å². The van der Waals surface area contributed by atoms with Crippen LogP contribution in [0.25, 0.3) is 0 Å². The minimum atomic E-state index is 0.521. The Bertz CT molecular complexity index is 568. The zero-order valence-corrected chi connectivity index (χ0v) is 9.91. The van der Waals surface area contributed by atoms with Gasteiger partial charge in [-0.25, -0.2) is 0 Å². The van der Waals surface area contributed by atoms with Crippen LogP contribution in [0.4, 0.5) is 5.69 Å². The number of hydrogen-bond acceptors (Lipinski definition) is 2. The molecule has 0 aliphatic carbocycles. The maximum atomic E-state index is 8.90. The summed E-state index contributed by atoms with van der Waals surface area (Å²) >= 11 is 5.82. The lowest BCUT2D eigenvalue weighted by Crippen LogP contribution is -1.94. The molecular formula is C14H11ClN2. The Balaban J connectivity index is 2.25. The summed E-state index contributed by atoms with van der Waals surface area (Å²) in [5.74, 6) is 0. The number of benzene rings is 2. The highest BCUT2D eigenvalue weighted by Crippen LogP contribution is 2.17. The SMILES string of the molecule is N#Cc1cc(Cc2ccc(Cl)cc2)ccc1N. The van der Waals surface area contributed by atoms with Crippen molar-refractivity contribution in [3.05, 3.63) is 64.2 Å². The normalized spacial score (nSPS) is 9.88. The molecule has 0 radical (unpaired) electrons. The van der Waals surface area contributed by atoms with Crippen LogP contribution in [0, 0.1) is 11.3 Å². The summed E-state index contributed by atoms with van der Waals surface area (Å²) in [6.07, 6.45) is 0.770. The fourth-order valence-electron chi connectivity index (χ4n) is 1.65. The second-order valence-corrected chi connectivity index (χ2v) is 4.27. The molecule has 2 rings (SSSR count). The van der Waals surface area contributed by atoms with Gasteiger partial charge in [-0.15, -0.1) is 0 Å². The van der Waals surface area contributed by atoms with E-state index in [4.69, 9.17) is 22.6 Å². The Hall–Kier alpha value is -1.98. The van der Waals surface area contributed by atoms with E-state index in [9.17, 15) is 0 Å². The lowest BCUT2D eigenvalue weighted by molar-refractivity contribution is 1.19. The molecule has 0 aromatic heterocycles. The highest BCUT2D eigenvalue weighted by molar-refractivity contribution is 6.30. The topological polar surface area (TPSA) is 49.8 Å². The van der Waals surface area contributed by atoms with Gasteiger partial charge < -0.3 is 5.73 Å². The first-order chi connectivity index (χ1) is 8.19. The van der Waals surface area contributed by atoms with E-state index in [-0.39, 0.29) is 0 Å². The molecule has 0 amide bonds. The Morgan fingerprint density at radius 1 is 1.06 bits per heavy atom. The molecule has 84 valence electrons. The van der Waals surface area contributed by atoms with Crippen molar-refractivity contribution < 1.29 is 0 Å². The van der Waals surface area contributed by atoms with Gasteiger partial charge in [-0.3, -0.25) is 0 Å². The molecule has 0 heterocycles. The Morgan fingerprint density at radius 3 is 2.35 bits per heavy atom. The van der Waals surface area contributed by atoms with Crippen molar-refractivity contribution in [2.24, 2.45) is 0 Å². The summed E-state index contributed by atoms with van der Waals surface area (Å²) < 4.78 is 0. The lowest BCUT2D eigenvalue weighted by Gasteiger charge is -2.04. The van der Waals surface area contributed by atoms with Crippen LogP contribution in [0.2, 0.25) is 5.02 Å². The van der Waals surface area contributed by atoms with E-state index < -0.39 is 0 Å². The summed E-state index contributed by atoms with van der Waals surface area (Å²) in [4.78, 5) is 0. The summed E-state index contributed by atoms with van der Waals surface area (Å²) in [6, 6.07) is 15.3. The first-order valence-corrected chi connectivity index (χ1v) is 5.60. The van der Waals surface area contributed by atoms with Crippen molar-refractivity contribution in [2.75, 3.05) is 5.73 Å². The van der Waals surface area contributed by atoms with Crippen LogP contribution in [0.5, 0.6) is 0 Å². The standard InChI is InChI=1S/C14H11ClN2/c15-13-4-1-10(2-5-13)7-11-3-6-14(17)12(8-11)9-16/h1-6,8H,7,17H2. The molecule has 0 bridgehead atoms. The number of nitrogen functional groups attached to an aromatic ring is 1. The highest BCUT2D eigenvalue weighted by Gasteiger charge is 2.01. The fourth-order valence-corrected chi connectivity index (χ4v) is 1.77. The summed E-state index contributed by atoms with van der Waals surface area (Å²) in [5.41, 5.74) is 8.94. The largest absolute Gasteiger partial charge is 0.398 e. The summed E-state index contributed by atoms with van der Waals surface area (Å²) in [5, 5.41) is 9.62. The first-order valence-electron chi connectivity index (χ1n) is 5.22. The van der Waals surface area contributed by atoms with Crippen LogP contribution in [0.1, 0.15) is 16.7 Å². The van der Waals surface area contributed by atoms with Crippen LogP contribution in [0.15, 0.2) is 42.5 Å². The smallest absolute Gasteiger partial charge is 0.101 e. The molecule has 0 spiro atoms. The average Bonchev–Trinajstić information content (AvgIpc) is 2.34. The van der Waals surface area contributed by atoms with Gasteiger partial charge in [0.15, 0.2) is 0 Å². The number of anilines is 1. The minimum Gasteiger partial charge on any atom is -0.398 e. The van der Waals surface area contributed by atoms with Crippen molar-refractivity contribution in [3.63, 3.8) is 0 Å². The number of halogens is 1. The van der Waals surface area contributed by atoms with Crippen LogP contribution in [-0.2, 0) is 6.42 Å². The maximum absolute atomic E-state index is 8.90. The molecule has 0 atom stereocenters. The number of nitrogens with zero attached hydrogens (tertiary/aromatic N) is 1. The zero-order valence-electron chi connectivity index (χ0n) is 9.15. The van der Waals surface area contributed by atoms with Gasteiger partial charge in [0.05, 0.1) is 5.56 Å². The number of nitrogens with two attached hydrogens (primary N) is 1. The van der Waals surface area contributed by atoms with Crippen molar-refractivity contribution in [1.82, 2.24) is 0 Å². The minimum absolute atomic E-state index is 0.521. The van der Waals surface area contributed by atoms with E-state index in [1.54, 1.807) is 6.07 Å². The second kappa shape index (κ2) is 4.90. The number of nitriles is 1. The maximum Gasteiger partial charge on any atom is 0.101 e. The molecule has 2 aromatic carbocycles. The molecule has 3 heteroatoms. The molecule has 0 aliphatic rings. The van der Waals surface area contributed by atoms with E-state index in [2.05, 4.69) is 6.07 Å². The molecule has 2 nitrogen and oxygen atoms in total. The van der Waals surface area contributed by atoms with Gasteiger partial charge in [0.1, 0.15) is 6.07 Å². The van der Waals surface area contributed by atoms with E-state index in [0.717, 1.165) is 22.6 Å². The molecule has 17 heavy (non-hydrogen) atoms. The molecule has 0 fully saturated rings. The van der Waals surface area contributed by atoms with Crippen LogP contribution >= 0.6 is 11.6 Å². The molecular weight excluding hydrogens is 232 g/mol. The molecule has 0 aliphatic heterocycles. The summed E-state index contributed by atoms with van der Waals surface area (Å²) in [6.45, 7) is 0. The predicted molar refractivity (Wildman–Crippen MR) is 69.8 cm³/mol. The van der Waals surface area contributed by atoms with Crippen LogP contribution in [-0.4, -0.2) is 0 Å². The van der Waals surface area contributed by atoms with Crippen LogP contribution in [0.3, 0.4) is 0 Å². The quantitative estimate of drug-likeness (QED) is 0.821. The van der Waals surface area contributed by atoms with E-state index in [1.165, 1.54) is 0 Å². The molecule has 0 unspecified atom stereocenters. The van der Waals surface area contributed by atoms with Gasteiger partial charge in [0.25, 0.3) is 0 Å². The fraction of sp³-hybridized carbons (Fsp3) is 0.0714. The Kier molecular flexibility index (Phi) is 3.32. The van der Waals surface area contributed by atoms with E-state index in [0.29, 0.717) is 11.3 Å². The number of hydrogen-bond donors (Lipinski definition) is 1. The van der Waals surface area contributed by atoms with E-state index in [1.807, 2.05) is 36.4 Å². The molecule has 0 saturated heterocycles. The number of rotatable bonds is 2. The van der Waals surface area contributed by atoms with Gasteiger partial charge >= 0.3 is 0 Å². The first kappa shape index (κ1) is 11.5. The third kappa shape index (κ3) is 2.77. The van der Waals surface area contributed by atoms with Crippen molar-refractivity contribution >= 4 is 17.3 Å². The van der Waals surface area contributed by atoms with Crippen LogP contribution < -0.4 is 5.73 Å². The Morgan fingerprint density at radius 2 is 1.71 bits per heavy atom. The second-order valence-electron chi connectivity index (χ2n) is 3.84. The van der Waals surface area contributed by atoms with Crippen molar-refractivity contribution in [1.29, 1.82) is 5.26 Å². The van der Waals surface area contributed by atoms with Gasteiger partial charge in [0.2, 0.25) is 0 Å². The van der Waals surface area contributed by atoms with E-state index >= 15 is 0 Å². The summed E-state index contributed by atoms with van der Waals surface area (Å²) in [7, 11) is 0. The molecule has 0 saturated carbocycles. The van der Waals surface area contributed by atoms with Gasteiger partial charge in [-0.05, 0) is 41.8 Å². The zero-order chi connectivity index (χ0) is 12.3. The van der Waals surface area contributed by atoms with Gasteiger partial charge in [0, 0.05) is 10.7 Å². The average molecular weight is 243 g/mol. The molecule has 2 aromatic rings. The molecule has 2 N–H and O–H groups in total. The Labute approximate surface area is 105 Å². The highest BCUT2D eigenvalue weighted by atomic mass is 35.5. The lowest BCUT2D eigenvalue weighted by atomic mass is 10.0. The monoisotopic (exact) mass is 242 g/mol. The predicted octanol–water partition coefficient (Wildman–Crippen LogP) is 3.38. The third-order valence-corrected chi connectivity index (χ3v) is 2.81. The van der Waals surface area contributed by atoms with Crippen molar-refractivity contribution in [3.8, 4) is 6.07 Å².